The molecule has 5 nitrogen and oxygen atoms in total. The Morgan fingerprint density at radius 1 is 1.11 bits per heavy atom. The molecule has 2 aliphatic heterocycles. The fourth-order valence-corrected chi connectivity index (χ4v) is 3.87. The van der Waals surface area contributed by atoms with Gasteiger partial charge in [0.05, 0.1) is 27.4 Å². The van der Waals surface area contributed by atoms with Gasteiger partial charge in [-0.15, -0.1) is 0 Å². The van der Waals surface area contributed by atoms with Crippen LogP contribution in [0.15, 0.2) is 24.4 Å². The highest BCUT2D eigenvalue weighted by Gasteiger charge is 2.51. The molecular formula is C20H24BClN2O3. The van der Waals surface area contributed by atoms with Gasteiger partial charge in [-0.1, -0.05) is 23.7 Å². The van der Waals surface area contributed by atoms with Crippen LogP contribution in [0.2, 0.25) is 5.02 Å². The average molecular weight is 387 g/mol. The number of halogens is 1. The maximum Gasteiger partial charge on any atom is 0.494 e. The summed E-state index contributed by atoms with van der Waals surface area (Å²) in [6.45, 7) is 9.54. The van der Waals surface area contributed by atoms with E-state index in [4.69, 9.17) is 20.9 Å². The first-order valence-electron chi connectivity index (χ1n) is 9.38. The zero-order valence-electron chi connectivity index (χ0n) is 16.2. The van der Waals surface area contributed by atoms with Gasteiger partial charge in [-0.2, -0.15) is 0 Å². The number of fused-ring (bicyclic) bond motifs is 1. The van der Waals surface area contributed by atoms with Crippen LogP contribution in [-0.2, 0) is 14.1 Å². The summed E-state index contributed by atoms with van der Waals surface area (Å²) in [5.74, 6) is 0.304. The van der Waals surface area contributed by atoms with Crippen LogP contribution in [0.25, 0.3) is 10.9 Å². The molecule has 27 heavy (non-hydrogen) atoms. The highest BCUT2D eigenvalue weighted by atomic mass is 35.5. The third kappa shape index (κ3) is 3.24. The van der Waals surface area contributed by atoms with E-state index in [1.54, 1.807) is 6.20 Å². The van der Waals surface area contributed by atoms with E-state index >= 15 is 0 Å². The Morgan fingerprint density at radius 3 is 2.37 bits per heavy atom. The first kappa shape index (κ1) is 18.7. The van der Waals surface area contributed by atoms with Crippen LogP contribution >= 0.6 is 11.6 Å². The highest BCUT2D eigenvalue weighted by Crippen LogP contribution is 2.38. The fourth-order valence-electron chi connectivity index (χ4n) is 3.60. The van der Waals surface area contributed by atoms with Crippen molar-refractivity contribution >= 4 is 46.6 Å². The second-order valence-corrected chi connectivity index (χ2v) is 8.75. The Morgan fingerprint density at radius 2 is 1.74 bits per heavy atom. The average Bonchev–Trinajstić information content (AvgIpc) is 2.83. The van der Waals surface area contributed by atoms with Crippen molar-refractivity contribution in [2.75, 3.05) is 18.0 Å². The van der Waals surface area contributed by atoms with E-state index in [0.29, 0.717) is 36.7 Å². The van der Waals surface area contributed by atoms with E-state index in [0.717, 1.165) is 22.1 Å². The lowest BCUT2D eigenvalue weighted by Crippen LogP contribution is -2.41. The van der Waals surface area contributed by atoms with Crippen molar-refractivity contribution in [1.29, 1.82) is 0 Å². The molecule has 1 aromatic heterocycles. The molecule has 0 bridgehead atoms. The number of piperidine rings is 1. The molecule has 0 spiro atoms. The van der Waals surface area contributed by atoms with Crippen LogP contribution in [-0.4, -0.2) is 42.2 Å². The van der Waals surface area contributed by atoms with Gasteiger partial charge in [0, 0.05) is 37.5 Å². The van der Waals surface area contributed by atoms with Crippen LogP contribution in [0, 0.1) is 0 Å². The van der Waals surface area contributed by atoms with Crippen LogP contribution in [0.3, 0.4) is 0 Å². The molecule has 0 N–H and O–H groups in total. The second kappa shape index (κ2) is 6.47. The number of hydrogen-bond donors (Lipinski definition) is 0. The van der Waals surface area contributed by atoms with Crippen LogP contribution in [0.4, 0.5) is 5.69 Å². The summed E-state index contributed by atoms with van der Waals surface area (Å²) >= 11 is 6.52. The summed E-state index contributed by atoms with van der Waals surface area (Å²) < 4.78 is 12.4. The molecule has 1 aromatic carbocycles. The Hall–Kier alpha value is -1.63. The number of carbonyl (C=O) groups excluding carboxylic acids is 1. The van der Waals surface area contributed by atoms with Gasteiger partial charge in [-0.3, -0.25) is 9.78 Å². The van der Waals surface area contributed by atoms with Gasteiger partial charge in [0.25, 0.3) is 0 Å². The summed E-state index contributed by atoms with van der Waals surface area (Å²) in [4.78, 5) is 18.3. The molecule has 0 radical (unpaired) electrons. The molecular weight excluding hydrogens is 362 g/mol. The minimum absolute atomic E-state index is 0.304. The Bertz CT molecular complexity index is 889. The van der Waals surface area contributed by atoms with Gasteiger partial charge in [-0.05, 0) is 39.2 Å². The zero-order chi connectivity index (χ0) is 19.4. The van der Waals surface area contributed by atoms with Crippen molar-refractivity contribution < 1.29 is 14.1 Å². The molecule has 142 valence electrons. The summed E-state index contributed by atoms with van der Waals surface area (Å²) in [5, 5.41) is 1.56. The van der Waals surface area contributed by atoms with Crippen molar-refractivity contribution in [3.8, 4) is 0 Å². The number of benzene rings is 1. The number of ketones is 1. The highest BCUT2D eigenvalue weighted by molar-refractivity contribution is 6.62. The molecule has 2 fully saturated rings. The maximum atomic E-state index is 11.6. The summed E-state index contributed by atoms with van der Waals surface area (Å²) in [7, 11) is -0.436. The monoisotopic (exact) mass is 386 g/mol. The Labute approximate surface area is 165 Å². The molecule has 2 saturated heterocycles. The molecule has 0 saturated carbocycles. The van der Waals surface area contributed by atoms with E-state index < -0.39 is 18.3 Å². The maximum absolute atomic E-state index is 11.6. The topological polar surface area (TPSA) is 51.7 Å². The third-order valence-corrected chi connectivity index (χ3v) is 6.26. The molecule has 2 aromatic rings. The van der Waals surface area contributed by atoms with E-state index in [9.17, 15) is 4.79 Å². The first-order chi connectivity index (χ1) is 12.7. The summed E-state index contributed by atoms with van der Waals surface area (Å²) in [6.07, 6.45) is 2.79. The van der Waals surface area contributed by atoms with Gasteiger partial charge < -0.3 is 14.2 Å². The first-order valence-corrected chi connectivity index (χ1v) is 9.76. The second-order valence-electron chi connectivity index (χ2n) is 8.35. The Kier molecular flexibility index (Phi) is 4.49. The number of nitrogens with zero attached hydrogens (tertiary/aromatic N) is 2. The molecule has 0 amide bonds. The Balaban J connectivity index is 1.76. The summed E-state index contributed by atoms with van der Waals surface area (Å²) in [6, 6.07) is 6.03. The van der Waals surface area contributed by atoms with Crippen molar-refractivity contribution in [2.45, 2.75) is 51.7 Å². The number of pyridine rings is 1. The van der Waals surface area contributed by atoms with E-state index in [-0.39, 0.29) is 0 Å². The van der Waals surface area contributed by atoms with E-state index in [2.05, 4.69) is 16.0 Å². The normalized spacial score (nSPS) is 21.9. The SMILES string of the molecule is CC1(C)OB(c2ccc3ncc(Cl)c(N4CCC(=O)CC4)c3c2)OC1(C)C. The van der Waals surface area contributed by atoms with Gasteiger partial charge in [-0.25, -0.2) is 0 Å². The molecule has 2 aliphatic rings. The molecule has 3 heterocycles. The third-order valence-electron chi connectivity index (χ3n) is 5.98. The number of anilines is 1. The fraction of sp³-hybridized carbons (Fsp3) is 0.500. The van der Waals surface area contributed by atoms with E-state index in [1.165, 1.54) is 0 Å². The minimum atomic E-state index is -0.436. The van der Waals surface area contributed by atoms with Crippen LogP contribution in [0.1, 0.15) is 40.5 Å². The molecule has 7 heteroatoms. The lowest BCUT2D eigenvalue weighted by molar-refractivity contribution is -0.119. The number of aromatic nitrogens is 1. The number of hydrogen-bond acceptors (Lipinski definition) is 5. The smallest absolute Gasteiger partial charge is 0.399 e. The number of rotatable bonds is 2. The van der Waals surface area contributed by atoms with Gasteiger partial charge in [0.15, 0.2) is 0 Å². The van der Waals surface area contributed by atoms with Crippen LogP contribution < -0.4 is 10.4 Å². The van der Waals surface area contributed by atoms with Gasteiger partial charge in [0.2, 0.25) is 0 Å². The standard InChI is InChI=1S/C20H24BClN2O3/c1-19(2)20(3,4)27-21(26-19)13-5-6-17-15(11-13)18(16(22)12-23-17)24-9-7-14(25)8-10-24/h5-6,11-12H,7-10H2,1-4H3. The lowest BCUT2D eigenvalue weighted by atomic mass is 9.78. The zero-order valence-corrected chi connectivity index (χ0v) is 17.0. The van der Waals surface area contributed by atoms with Crippen molar-refractivity contribution in [3.63, 3.8) is 0 Å². The van der Waals surface area contributed by atoms with Crippen molar-refractivity contribution in [1.82, 2.24) is 4.98 Å². The minimum Gasteiger partial charge on any atom is -0.399 e. The summed E-state index contributed by atoms with van der Waals surface area (Å²) in [5.41, 5.74) is 1.96. The molecule has 0 aliphatic carbocycles. The van der Waals surface area contributed by atoms with Gasteiger partial charge >= 0.3 is 7.12 Å². The van der Waals surface area contributed by atoms with Gasteiger partial charge in [0.1, 0.15) is 5.78 Å². The lowest BCUT2D eigenvalue weighted by Gasteiger charge is -2.32. The quantitative estimate of drug-likeness (QED) is 0.741. The number of Topliss-reactive ketones (excluding diaryl/α,β-unsaturated/α-hetero) is 1. The van der Waals surface area contributed by atoms with Crippen molar-refractivity contribution in [3.05, 3.63) is 29.4 Å². The van der Waals surface area contributed by atoms with Crippen LogP contribution in [0.5, 0.6) is 0 Å². The largest absolute Gasteiger partial charge is 0.494 e. The van der Waals surface area contributed by atoms with Crippen molar-refractivity contribution in [2.24, 2.45) is 0 Å². The predicted molar refractivity (Wildman–Crippen MR) is 109 cm³/mol. The molecule has 0 unspecified atom stereocenters. The number of carbonyl (C=O) groups is 1. The molecule has 0 atom stereocenters. The predicted octanol–water partition coefficient (Wildman–Crippen LogP) is 3.36. The van der Waals surface area contributed by atoms with E-state index in [1.807, 2.05) is 39.8 Å². The molecule has 4 rings (SSSR count).